The van der Waals surface area contributed by atoms with E-state index in [9.17, 15) is 4.79 Å². The van der Waals surface area contributed by atoms with Crippen LogP contribution in [0.15, 0.2) is 43.0 Å². The van der Waals surface area contributed by atoms with Crippen LogP contribution in [-0.4, -0.2) is 37.7 Å². The van der Waals surface area contributed by atoms with Gasteiger partial charge in [-0.25, -0.2) is 0 Å². The van der Waals surface area contributed by atoms with E-state index in [1.165, 1.54) is 4.80 Å². The minimum Gasteiger partial charge on any atom is -0.497 e. The second-order valence-electron chi connectivity index (χ2n) is 5.98. The minimum atomic E-state index is -0.0528. The van der Waals surface area contributed by atoms with Gasteiger partial charge in [0.15, 0.2) is 5.78 Å². The van der Waals surface area contributed by atoms with E-state index in [2.05, 4.69) is 26.6 Å². The molecule has 0 atom stereocenters. The lowest BCUT2D eigenvalue weighted by Gasteiger charge is -2.06. The number of aromatic nitrogens is 5. The number of aryl methyl sites for hydroxylation is 1. The summed E-state index contributed by atoms with van der Waals surface area (Å²) in [4.78, 5) is 14.0. The summed E-state index contributed by atoms with van der Waals surface area (Å²) in [7, 11) is 1.60. The molecule has 0 N–H and O–H groups in total. The molecule has 3 aromatic rings. The molecule has 2 heterocycles. The lowest BCUT2D eigenvalue weighted by atomic mass is 10.1. The second-order valence-corrected chi connectivity index (χ2v) is 5.98. The molecule has 0 fully saturated rings. The van der Waals surface area contributed by atoms with Gasteiger partial charge in [0, 0.05) is 29.1 Å². The molecule has 0 radical (unpaired) electrons. The molecule has 0 aliphatic rings. The van der Waals surface area contributed by atoms with E-state index in [4.69, 9.17) is 4.74 Å². The first-order valence-corrected chi connectivity index (χ1v) is 8.26. The standard InChI is InChI=1S/C19H21N5O2/c1-5-9-23-13(2)10-17(14(23)3)18(25)12-24-21-19(20-22-24)15-7-6-8-16(11-15)26-4/h5-8,10-11H,1,9,12H2,2-4H3. The summed E-state index contributed by atoms with van der Waals surface area (Å²) in [6, 6.07) is 9.28. The number of nitrogens with zero attached hydrogens (tertiary/aromatic N) is 5. The predicted molar refractivity (Wildman–Crippen MR) is 98.2 cm³/mol. The van der Waals surface area contributed by atoms with E-state index < -0.39 is 0 Å². The van der Waals surface area contributed by atoms with Gasteiger partial charge in [0.1, 0.15) is 12.3 Å². The minimum absolute atomic E-state index is 0.0371. The van der Waals surface area contributed by atoms with Gasteiger partial charge in [-0.3, -0.25) is 4.79 Å². The largest absolute Gasteiger partial charge is 0.497 e. The summed E-state index contributed by atoms with van der Waals surface area (Å²) >= 11 is 0. The Morgan fingerprint density at radius 1 is 1.31 bits per heavy atom. The quantitative estimate of drug-likeness (QED) is 0.483. The number of ketones is 1. The molecule has 0 saturated heterocycles. The van der Waals surface area contributed by atoms with Gasteiger partial charge in [-0.2, -0.15) is 4.80 Å². The van der Waals surface area contributed by atoms with Crippen molar-refractivity contribution in [2.75, 3.05) is 7.11 Å². The third-order valence-corrected chi connectivity index (χ3v) is 4.25. The maximum Gasteiger partial charge on any atom is 0.205 e. The number of rotatable bonds is 7. The van der Waals surface area contributed by atoms with E-state index in [1.54, 1.807) is 7.11 Å². The highest BCUT2D eigenvalue weighted by molar-refractivity contribution is 5.97. The molecule has 0 aliphatic heterocycles. The van der Waals surface area contributed by atoms with Crippen LogP contribution in [0.25, 0.3) is 11.4 Å². The number of benzene rings is 1. The molecule has 0 unspecified atom stereocenters. The van der Waals surface area contributed by atoms with Crippen LogP contribution in [0, 0.1) is 13.8 Å². The van der Waals surface area contributed by atoms with E-state index in [1.807, 2.05) is 50.3 Å². The summed E-state index contributed by atoms with van der Waals surface area (Å²) in [5, 5.41) is 12.4. The Balaban J connectivity index is 1.80. The summed E-state index contributed by atoms with van der Waals surface area (Å²) in [6.45, 7) is 8.37. The number of hydrogen-bond acceptors (Lipinski definition) is 5. The van der Waals surface area contributed by atoms with Gasteiger partial charge in [-0.1, -0.05) is 18.2 Å². The van der Waals surface area contributed by atoms with E-state index in [0.29, 0.717) is 23.7 Å². The Bertz CT molecular complexity index is 955. The molecule has 0 saturated carbocycles. The first kappa shape index (κ1) is 17.6. The SMILES string of the molecule is C=CCn1c(C)cc(C(=O)Cn2nnc(-c3cccc(OC)c3)n2)c1C. The Morgan fingerprint density at radius 3 is 2.85 bits per heavy atom. The predicted octanol–water partition coefficient (Wildman–Crippen LogP) is 2.84. The Hall–Kier alpha value is -3.22. The number of carbonyl (C=O) groups excluding carboxylic acids is 1. The van der Waals surface area contributed by atoms with Gasteiger partial charge in [0.25, 0.3) is 0 Å². The fourth-order valence-electron chi connectivity index (χ4n) is 2.90. The molecule has 0 amide bonds. The summed E-state index contributed by atoms with van der Waals surface area (Å²) in [6.07, 6.45) is 1.81. The van der Waals surface area contributed by atoms with Crippen molar-refractivity contribution in [3.63, 3.8) is 0 Å². The van der Waals surface area contributed by atoms with Crippen LogP contribution < -0.4 is 4.74 Å². The molecule has 0 bridgehead atoms. The van der Waals surface area contributed by atoms with Crippen molar-refractivity contribution < 1.29 is 9.53 Å². The number of carbonyl (C=O) groups is 1. The average molecular weight is 351 g/mol. The molecule has 26 heavy (non-hydrogen) atoms. The molecule has 7 nitrogen and oxygen atoms in total. The molecule has 3 rings (SSSR count). The molecular weight excluding hydrogens is 330 g/mol. The molecule has 134 valence electrons. The van der Waals surface area contributed by atoms with Crippen molar-refractivity contribution in [1.29, 1.82) is 0 Å². The van der Waals surface area contributed by atoms with Crippen LogP contribution in [0.2, 0.25) is 0 Å². The molecule has 0 spiro atoms. The zero-order chi connectivity index (χ0) is 18.7. The zero-order valence-corrected chi connectivity index (χ0v) is 15.1. The highest BCUT2D eigenvalue weighted by Gasteiger charge is 2.17. The normalized spacial score (nSPS) is 10.7. The maximum atomic E-state index is 12.7. The van der Waals surface area contributed by atoms with Crippen LogP contribution in [-0.2, 0) is 13.1 Å². The van der Waals surface area contributed by atoms with E-state index >= 15 is 0 Å². The summed E-state index contributed by atoms with van der Waals surface area (Å²) < 4.78 is 7.26. The van der Waals surface area contributed by atoms with Gasteiger partial charge in [0.05, 0.1) is 7.11 Å². The van der Waals surface area contributed by atoms with Crippen molar-refractivity contribution in [1.82, 2.24) is 24.8 Å². The van der Waals surface area contributed by atoms with Crippen LogP contribution in [0.1, 0.15) is 21.7 Å². The Labute approximate surface area is 151 Å². The molecule has 0 aliphatic carbocycles. The monoisotopic (exact) mass is 351 g/mol. The molecular formula is C19H21N5O2. The maximum absolute atomic E-state index is 12.7. The van der Waals surface area contributed by atoms with Gasteiger partial charge in [0.2, 0.25) is 5.82 Å². The smallest absolute Gasteiger partial charge is 0.205 e. The van der Waals surface area contributed by atoms with Crippen molar-refractivity contribution in [2.45, 2.75) is 26.9 Å². The highest BCUT2D eigenvalue weighted by atomic mass is 16.5. The number of tetrazole rings is 1. The Morgan fingerprint density at radius 2 is 2.12 bits per heavy atom. The van der Waals surface area contributed by atoms with Crippen LogP contribution in [0.5, 0.6) is 5.75 Å². The number of methoxy groups -OCH3 is 1. The highest BCUT2D eigenvalue weighted by Crippen LogP contribution is 2.20. The van der Waals surface area contributed by atoms with E-state index in [-0.39, 0.29) is 12.3 Å². The van der Waals surface area contributed by atoms with Crippen molar-refractivity contribution in [3.8, 4) is 17.1 Å². The number of ether oxygens (including phenoxy) is 1. The lowest BCUT2D eigenvalue weighted by Crippen LogP contribution is -2.14. The summed E-state index contributed by atoms with van der Waals surface area (Å²) in [5.41, 5.74) is 3.40. The average Bonchev–Trinajstić information content (AvgIpc) is 3.22. The fraction of sp³-hybridized carbons (Fsp3) is 0.263. The third-order valence-electron chi connectivity index (χ3n) is 4.25. The zero-order valence-electron chi connectivity index (χ0n) is 15.1. The third kappa shape index (κ3) is 3.42. The van der Waals surface area contributed by atoms with Gasteiger partial charge >= 0.3 is 0 Å². The van der Waals surface area contributed by atoms with Crippen molar-refractivity contribution >= 4 is 5.78 Å². The molecule has 7 heteroatoms. The topological polar surface area (TPSA) is 74.8 Å². The van der Waals surface area contributed by atoms with Crippen LogP contribution >= 0.6 is 0 Å². The summed E-state index contributed by atoms with van der Waals surface area (Å²) in [5.74, 6) is 1.11. The number of hydrogen-bond donors (Lipinski definition) is 0. The van der Waals surface area contributed by atoms with Gasteiger partial charge < -0.3 is 9.30 Å². The van der Waals surface area contributed by atoms with Crippen molar-refractivity contribution in [2.24, 2.45) is 0 Å². The number of Topliss-reactive ketones (excluding diaryl/α,β-unsaturated/α-hetero) is 1. The Kier molecular flexibility index (Phi) is 4.97. The van der Waals surface area contributed by atoms with Gasteiger partial charge in [-0.15, -0.1) is 16.8 Å². The van der Waals surface area contributed by atoms with Gasteiger partial charge in [-0.05, 0) is 37.3 Å². The number of allylic oxidation sites excluding steroid dienone is 1. The lowest BCUT2D eigenvalue weighted by molar-refractivity contribution is 0.0960. The second kappa shape index (κ2) is 7.35. The van der Waals surface area contributed by atoms with E-state index in [0.717, 1.165) is 17.0 Å². The van der Waals surface area contributed by atoms with Crippen LogP contribution in [0.4, 0.5) is 0 Å². The van der Waals surface area contributed by atoms with Crippen LogP contribution in [0.3, 0.4) is 0 Å². The molecule has 1 aromatic carbocycles. The fourth-order valence-corrected chi connectivity index (χ4v) is 2.90. The van der Waals surface area contributed by atoms with Crippen molar-refractivity contribution in [3.05, 3.63) is 59.9 Å². The molecule has 2 aromatic heterocycles. The first-order chi connectivity index (χ1) is 12.5. The first-order valence-electron chi connectivity index (χ1n) is 8.26.